The summed E-state index contributed by atoms with van der Waals surface area (Å²) in [7, 11) is 1.53. The van der Waals surface area contributed by atoms with Crippen LogP contribution in [0.5, 0.6) is 5.75 Å². The fraction of sp³-hybridized carbons (Fsp3) is 0.556. The molecular formula is C18H24Cl2N2O4. The smallest absolute Gasteiger partial charge is 0.407 e. The number of rotatable bonds is 6. The number of anilines is 1. The number of nitrogens with one attached hydrogen (secondary N) is 2. The highest BCUT2D eigenvalue weighted by atomic mass is 35.5. The molecule has 1 aliphatic rings. The zero-order chi connectivity index (χ0) is 19.2. The Bertz CT molecular complexity index is 638. The first-order valence-corrected chi connectivity index (χ1v) is 9.36. The Balaban J connectivity index is 2.04. The average Bonchev–Trinajstić information content (AvgIpc) is 2.59. The average molecular weight is 403 g/mol. The van der Waals surface area contributed by atoms with E-state index in [0.29, 0.717) is 18.8 Å². The van der Waals surface area contributed by atoms with E-state index in [9.17, 15) is 9.59 Å². The van der Waals surface area contributed by atoms with E-state index in [0.717, 1.165) is 25.7 Å². The first-order chi connectivity index (χ1) is 12.4. The number of methoxy groups -OCH3 is 1. The van der Waals surface area contributed by atoms with Crippen molar-refractivity contribution in [3.63, 3.8) is 0 Å². The summed E-state index contributed by atoms with van der Waals surface area (Å²) in [5, 5.41) is 5.67. The zero-order valence-corrected chi connectivity index (χ0v) is 16.5. The molecule has 0 unspecified atom stereocenters. The highest BCUT2D eigenvalue weighted by Crippen LogP contribution is 2.39. The van der Waals surface area contributed by atoms with Gasteiger partial charge in [0.25, 0.3) is 0 Å². The molecule has 2 amide bonds. The molecule has 0 aromatic heterocycles. The molecular weight excluding hydrogens is 379 g/mol. The second kappa shape index (κ2) is 9.44. The lowest BCUT2D eigenvalue weighted by atomic mass is 9.75. The minimum Gasteiger partial charge on any atom is -0.407 e. The Kier molecular flexibility index (Phi) is 7.55. The Morgan fingerprint density at radius 1 is 1.15 bits per heavy atom. The van der Waals surface area contributed by atoms with E-state index in [4.69, 9.17) is 32.7 Å². The van der Waals surface area contributed by atoms with Crippen LogP contribution in [-0.4, -0.2) is 32.3 Å². The van der Waals surface area contributed by atoms with E-state index < -0.39 is 6.09 Å². The summed E-state index contributed by atoms with van der Waals surface area (Å²) in [4.78, 5) is 24.3. The third kappa shape index (κ3) is 5.50. The molecule has 0 spiro atoms. The first-order valence-electron chi connectivity index (χ1n) is 8.61. The number of hydrogen-bond acceptors (Lipinski definition) is 4. The van der Waals surface area contributed by atoms with Crippen molar-refractivity contribution in [2.24, 2.45) is 5.41 Å². The molecule has 1 fully saturated rings. The Morgan fingerprint density at radius 2 is 1.77 bits per heavy atom. The van der Waals surface area contributed by atoms with Crippen molar-refractivity contribution in [1.82, 2.24) is 5.32 Å². The summed E-state index contributed by atoms with van der Waals surface area (Å²) >= 11 is 12.4. The molecule has 2 N–H and O–H groups in total. The molecule has 0 saturated heterocycles. The van der Waals surface area contributed by atoms with Gasteiger partial charge in [-0.3, -0.25) is 4.79 Å². The van der Waals surface area contributed by atoms with Crippen molar-refractivity contribution < 1.29 is 19.1 Å². The number of halogens is 2. The van der Waals surface area contributed by atoms with E-state index in [2.05, 4.69) is 10.6 Å². The summed E-state index contributed by atoms with van der Waals surface area (Å²) in [5.74, 6) is 0.000405. The molecule has 2 rings (SSSR count). The molecule has 1 aliphatic carbocycles. The van der Waals surface area contributed by atoms with E-state index in [1.165, 1.54) is 25.7 Å². The van der Waals surface area contributed by atoms with E-state index >= 15 is 0 Å². The highest BCUT2D eigenvalue weighted by Gasteiger charge is 2.34. The molecule has 144 valence electrons. The highest BCUT2D eigenvalue weighted by molar-refractivity contribution is 6.38. The van der Waals surface area contributed by atoms with Gasteiger partial charge in [0.1, 0.15) is 0 Å². The van der Waals surface area contributed by atoms with Crippen LogP contribution in [0.2, 0.25) is 10.0 Å². The van der Waals surface area contributed by atoms with Gasteiger partial charge in [-0.25, -0.2) is 4.79 Å². The van der Waals surface area contributed by atoms with Crippen molar-refractivity contribution in [3.05, 3.63) is 22.2 Å². The van der Waals surface area contributed by atoms with Gasteiger partial charge in [0.2, 0.25) is 5.91 Å². The topological polar surface area (TPSA) is 76.7 Å². The molecule has 0 bridgehead atoms. The van der Waals surface area contributed by atoms with Crippen molar-refractivity contribution in [1.29, 1.82) is 0 Å². The van der Waals surface area contributed by atoms with Crippen LogP contribution in [0.25, 0.3) is 0 Å². The van der Waals surface area contributed by atoms with Crippen LogP contribution >= 0.6 is 23.2 Å². The molecule has 0 heterocycles. The lowest BCUT2D eigenvalue weighted by Crippen LogP contribution is -2.35. The van der Waals surface area contributed by atoms with Crippen molar-refractivity contribution in [2.75, 3.05) is 25.6 Å². The molecule has 1 aromatic rings. The summed E-state index contributed by atoms with van der Waals surface area (Å²) in [6.07, 6.45) is 4.32. The second-order valence-electron chi connectivity index (χ2n) is 6.65. The van der Waals surface area contributed by atoms with Gasteiger partial charge in [0.15, 0.2) is 5.75 Å². The third-order valence-corrected chi connectivity index (χ3v) is 5.09. The van der Waals surface area contributed by atoms with Gasteiger partial charge >= 0.3 is 6.09 Å². The van der Waals surface area contributed by atoms with Gasteiger partial charge in [0.05, 0.1) is 16.7 Å². The molecule has 8 heteroatoms. The summed E-state index contributed by atoms with van der Waals surface area (Å²) < 4.78 is 9.97. The van der Waals surface area contributed by atoms with Gasteiger partial charge in [-0.15, -0.1) is 0 Å². The van der Waals surface area contributed by atoms with Crippen molar-refractivity contribution in [2.45, 2.75) is 39.0 Å². The SMILES string of the molecule is COCCNC(=O)Oc1c(Cl)cc(NC(=O)C2(C)CCCCC2)cc1Cl. The summed E-state index contributed by atoms with van der Waals surface area (Å²) in [6.45, 7) is 2.64. The molecule has 0 aliphatic heterocycles. The second-order valence-corrected chi connectivity index (χ2v) is 7.47. The first kappa shape index (κ1) is 20.8. The van der Waals surface area contributed by atoms with Gasteiger partial charge in [0, 0.05) is 24.8 Å². The van der Waals surface area contributed by atoms with Crippen molar-refractivity contribution in [3.8, 4) is 5.75 Å². The van der Waals surface area contributed by atoms with Crippen LogP contribution in [0.1, 0.15) is 39.0 Å². The maximum atomic E-state index is 12.6. The van der Waals surface area contributed by atoms with Gasteiger partial charge in [-0.2, -0.15) is 0 Å². The van der Waals surface area contributed by atoms with Crippen LogP contribution in [0.4, 0.5) is 10.5 Å². The molecule has 26 heavy (non-hydrogen) atoms. The Morgan fingerprint density at radius 3 is 2.35 bits per heavy atom. The van der Waals surface area contributed by atoms with Gasteiger partial charge in [-0.1, -0.05) is 49.4 Å². The predicted molar refractivity (Wildman–Crippen MR) is 102 cm³/mol. The standard InChI is InChI=1S/C18H24Cl2N2O4/c1-18(6-4-3-5-7-18)16(23)22-12-10-13(19)15(14(20)11-12)26-17(24)21-8-9-25-2/h10-11H,3-9H2,1-2H3,(H,21,24)(H,22,23). The molecule has 1 saturated carbocycles. The van der Waals surface area contributed by atoms with Crippen LogP contribution in [0.15, 0.2) is 12.1 Å². The fourth-order valence-corrected chi connectivity index (χ4v) is 3.52. The zero-order valence-electron chi connectivity index (χ0n) is 15.0. The number of carbonyl (C=O) groups excluding carboxylic acids is 2. The van der Waals surface area contributed by atoms with E-state index in [1.807, 2.05) is 6.92 Å². The molecule has 6 nitrogen and oxygen atoms in total. The van der Waals surface area contributed by atoms with Gasteiger partial charge < -0.3 is 20.1 Å². The van der Waals surface area contributed by atoms with E-state index in [-0.39, 0.29) is 27.1 Å². The summed E-state index contributed by atoms with van der Waals surface area (Å²) in [5.41, 5.74) is 0.0945. The lowest BCUT2D eigenvalue weighted by Gasteiger charge is -2.32. The normalized spacial score (nSPS) is 16.0. The molecule has 1 aromatic carbocycles. The molecule has 0 atom stereocenters. The largest absolute Gasteiger partial charge is 0.412 e. The third-order valence-electron chi connectivity index (χ3n) is 4.53. The Labute approximate surface area is 163 Å². The Hall–Kier alpha value is -1.50. The molecule has 0 radical (unpaired) electrons. The van der Waals surface area contributed by atoms with Crippen LogP contribution in [0.3, 0.4) is 0 Å². The number of carbonyl (C=O) groups is 2. The number of benzene rings is 1. The summed E-state index contributed by atoms with van der Waals surface area (Å²) in [6, 6.07) is 3.05. The van der Waals surface area contributed by atoms with Crippen LogP contribution in [-0.2, 0) is 9.53 Å². The van der Waals surface area contributed by atoms with Crippen molar-refractivity contribution >= 4 is 40.9 Å². The number of hydrogen-bond donors (Lipinski definition) is 2. The monoisotopic (exact) mass is 402 g/mol. The lowest BCUT2D eigenvalue weighted by molar-refractivity contribution is -0.126. The number of amides is 2. The number of ether oxygens (including phenoxy) is 2. The fourth-order valence-electron chi connectivity index (χ4n) is 2.95. The van der Waals surface area contributed by atoms with E-state index in [1.54, 1.807) is 0 Å². The van der Waals surface area contributed by atoms with Crippen LogP contribution < -0.4 is 15.4 Å². The quantitative estimate of drug-likeness (QED) is 0.679. The van der Waals surface area contributed by atoms with Gasteiger partial charge in [-0.05, 0) is 25.0 Å². The predicted octanol–water partition coefficient (Wildman–Crippen LogP) is 4.64. The minimum absolute atomic E-state index is 0.0460. The minimum atomic E-state index is -0.683. The maximum absolute atomic E-state index is 12.6. The van der Waals surface area contributed by atoms with Crippen LogP contribution in [0, 0.1) is 5.41 Å². The maximum Gasteiger partial charge on any atom is 0.412 e.